The Balaban J connectivity index is 1.56. The third kappa shape index (κ3) is 5.11. The minimum Gasteiger partial charge on any atom is -0.497 e. The van der Waals surface area contributed by atoms with E-state index in [1.165, 1.54) is 17.8 Å². The molecular formula is C18H23N3O3S2. The molecule has 1 saturated carbocycles. The molecule has 0 spiro atoms. The van der Waals surface area contributed by atoms with E-state index in [0.29, 0.717) is 5.13 Å². The first-order valence-corrected chi connectivity index (χ1v) is 10.5. The van der Waals surface area contributed by atoms with Gasteiger partial charge in [-0.1, -0.05) is 42.4 Å². The van der Waals surface area contributed by atoms with Gasteiger partial charge in [-0.05, 0) is 30.5 Å². The summed E-state index contributed by atoms with van der Waals surface area (Å²) in [6.45, 7) is 0. The van der Waals surface area contributed by atoms with Crippen molar-refractivity contribution in [3.05, 3.63) is 23.8 Å². The van der Waals surface area contributed by atoms with Gasteiger partial charge in [0.05, 0.1) is 14.2 Å². The van der Waals surface area contributed by atoms with Crippen LogP contribution in [0, 0.1) is 5.92 Å². The van der Waals surface area contributed by atoms with Crippen molar-refractivity contribution in [2.75, 3.05) is 19.5 Å². The van der Waals surface area contributed by atoms with Crippen molar-refractivity contribution in [3.8, 4) is 11.5 Å². The third-order valence-corrected chi connectivity index (χ3v) is 6.43. The quantitative estimate of drug-likeness (QED) is 0.556. The molecule has 1 heterocycles. The fourth-order valence-corrected chi connectivity index (χ4v) is 4.67. The summed E-state index contributed by atoms with van der Waals surface area (Å²) in [5, 5.41) is 11.8. The van der Waals surface area contributed by atoms with Gasteiger partial charge in [-0.3, -0.25) is 4.79 Å². The molecule has 3 rings (SSSR count). The highest BCUT2D eigenvalue weighted by atomic mass is 32.2. The zero-order valence-electron chi connectivity index (χ0n) is 15.0. The fourth-order valence-electron chi connectivity index (χ4n) is 2.99. The summed E-state index contributed by atoms with van der Waals surface area (Å²) in [6.07, 6.45) is 5.46. The monoisotopic (exact) mass is 393 g/mol. The van der Waals surface area contributed by atoms with Crippen molar-refractivity contribution in [2.24, 2.45) is 5.92 Å². The van der Waals surface area contributed by atoms with Crippen molar-refractivity contribution < 1.29 is 14.3 Å². The summed E-state index contributed by atoms with van der Waals surface area (Å²) in [4.78, 5) is 12.3. The number of nitrogens with one attached hydrogen (secondary N) is 1. The third-order valence-electron chi connectivity index (χ3n) is 4.39. The van der Waals surface area contributed by atoms with Crippen molar-refractivity contribution in [3.63, 3.8) is 0 Å². The van der Waals surface area contributed by atoms with Crippen LogP contribution in [0.3, 0.4) is 0 Å². The van der Waals surface area contributed by atoms with Crippen LogP contribution >= 0.6 is 23.1 Å². The summed E-state index contributed by atoms with van der Waals surface area (Å²) in [6, 6.07) is 5.79. The van der Waals surface area contributed by atoms with Crippen molar-refractivity contribution in [1.29, 1.82) is 0 Å². The van der Waals surface area contributed by atoms with Crippen LogP contribution in [-0.2, 0) is 10.5 Å². The van der Waals surface area contributed by atoms with Gasteiger partial charge >= 0.3 is 0 Å². The highest BCUT2D eigenvalue weighted by molar-refractivity contribution is 8.00. The van der Waals surface area contributed by atoms with Crippen LogP contribution in [0.25, 0.3) is 0 Å². The molecule has 1 N–H and O–H groups in total. The van der Waals surface area contributed by atoms with E-state index in [2.05, 4.69) is 15.5 Å². The average Bonchev–Trinajstić information content (AvgIpc) is 3.14. The molecule has 1 aromatic heterocycles. The van der Waals surface area contributed by atoms with E-state index in [0.717, 1.165) is 52.8 Å². The van der Waals surface area contributed by atoms with Crippen LogP contribution < -0.4 is 14.8 Å². The number of amides is 1. The van der Waals surface area contributed by atoms with E-state index in [4.69, 9.17) is 9.47 Å². The topological polar surface area (TPSA) is 73.3 Å². The number of carbonyl (C=O) groups is 1. The molecule has 0 atom stereocenters. The Morgan fingerprint density at radius 1 is 1.15 bits per heavy atom. The second-order valence-corrected chi connectivity index (χ2v) is 8.41. The van der Waals surface area contributed by atoms with Gasteiger partial charge in [0.1, 0.15) is 11.5 Å². The number of thioether (sulfide) groups is 1. The Labute approximate surface area is 161 Å². The second kappa shape index (κ2) is 9.23. The van der Waals surface area contributed by atoms with Crippen molar-refractivity contribution in [2.45, 2.75) is 42.2 Å². The fraction of sp³-hybridized carbons (Fsp3) is 0.500. The van der Waals surface area contributed by atoms with Crippen LogP contribution in [0.1, 0.15) is 37.7 Å². The normalized spacial score (nSPS) is 14.8. The lowest BCUT2D eigenvalue weighted by Crippen LogP contribution is -2.24. The van der Waals surface area contributed by atoms with Gasteiger partial charge in [-0.2, -0.15) is 0 Å². The minimum atomic E-state index is 0.0786. The molecule has 26 heavy (non-hydrogen) atoms. The first kappa shape index (κ1) is 19.0. The maximum Gasteiger partial charge on any atom is 0.229 e. The van der Waals surface area contributed by atoms with Crippen LogP contribution in [0.2, 0.25) is 0 Å². The molecule has 0 aliphatic heterocycles. The van der Waals surface area contributed by atoms with Gasteiger partial charge in [-0.25, -0.2) is 0 Å². The first-order chi connectivity index (χ1) is 12.7. The number of hydrogen-bond donors (Lipinski definition) is 1. The first-order valence-electron chi connectivity index (χ1n) is 8.67. The number of carbonyl (C=O) groups excluding carboxylic acids is 1. The molecule has 0 bridgehead atoms. The summed E-state index contributed by atoms with van der Waals surface area (Å²) in [5.74, 6) is 2.44. The Hall–Kier alpha value is -1.80. The molecule has 1 fully saturated rings. The van der Waals surface area contributed by atoms with E-state index in [1.807, 2.05) is 18.2 Å². The number of aromatic nitrogens is 2. The molecule has 2 aromatic rings. The Bertz CT molecular complexity index is 723. The lowest BCUT2D eigenvalue weighted by Gasteiger charge is -2.19. The van der Waals surface area contributed by atoms with Gasteiger partial charge in [0.2, 0.25) is 11.0 Å². The molecular weight excluding hydrogens is 370 g/mol. The number of anilines is 1. The molecule has 0 radical (unpaired) electrons. The van der Waals surface area contributed by atoms with E-state index in [-0.39, 0.29) is 11.8 Å². The smallest absolute Gasteiger partial charge is 0.229 e. The Kier molecular flexibility index (Phi) is 6.73. The van der Waals surface area contributed by atoms with Crippen molar-refractivity contribution >= 4 is 34.1 Å². The van der Waals surface area contributed by atoms with Gasteiger partial charge in [0.25, 0.3) is 0 Å². The molecule has 0 saturated heterocycles. The number of hydrogen-bond acceptors (Lipinski definition) is 7. The van der Waals surface area contributed by atoms with Gasteiger partial charge in [-0.15, -0.1) is 10.2 Å². The zero-order valence-corrected chi connectivity index (χ0v) is 16.6. The average molecular weight is 394 g/mol. The van der Waals surface area contributed by atoms with Gasteiger partial charge < -0.3 is 14.8 Å². The molecule has 1 aliphatic carbocycles. The lowest BCUT2D eigenvalue weighted by atomic mass is 9.89. The summed E-state index contributed by atoms with van der Waals surface area (Å²) < 4.78 is 11.4. The summed E-state index contributed by atoms with van der Waals surface area (Å²) in [5.41, 5.74) is 1.08. The number of nitrogens with zero attached hydrogens (tertiary/aromatic N) is 2. The van der Waals surface area contributed by atoms with Gasteiger partial charge in [0, 0.05) is 17.7 Å². The standard InChI is InChI=1S/C18H23N3O3S2/c1-23-14-8-12(9-15(10-14)24-2)11-25-18-21-20-17(26-18)19-16(22)13-6-4-3-5-7-13/h8-10,13H,3-7,11H2,1-2H3,(H,19,20,22). The summed E-state index contributed by atoms with van der Waals surface area (Å²) in [7, 11) is 3.27. The van der Waals surface area contributed by atoms with Crippen LogP contribution in [-0.4, -0.2) is 30.3 Å². The molecule has 1 aromatic carbocycles. The predicted octanol–water partition coefficient (Wildman–Crippen LogP) is 4.37. The molecule has 1 amide bonds. The van der Waals surface area contributed by atoms with E-state index in [1.54, 1.807) is 26.0 Å². The lowest BCUT2D eigenvalue weighted by molar-refractivity contribution is -0.120. The Morgan fingerprint density at radius 3 is 2.50 bits per heavy atom. The van der Waals surface area contributed by atoms with Crippen molar-refractivity contribution in [1.82, 2.24) is 10.2 Å². The van der Waals surface area contributed by atoms with E-state index < -0.39 is 0 Å². The Morgan fingerprint density at radius 2 is 1.85 bits per heavy atom. The van der Waals surface area contributed by atoms with E-state index >= 15 is 0 Å². The largest absolute Gasteiger partial charge is 0.497 e. The zero-order chi connectivity index (χ0) is 18.4. The number of ether oxygens (including phenoxy) is 2. The van der Waals surface area contributed by atoms with E-state index in [9.17, 15) is 4.79 Å². The predicted molar refractivity (Wildman–Crippen MR) is 104 cm³/mol. The van der Waals surface area contributed by atoms with Crippen LogP contribution in [0.5, 0.6) is 11.5 Å². The number of benzene rings is 1. The molecule has 8 heteroatoms. The molecule has 0 unspecified atom stereocenters. The maximum atomic E-state index is 12.3. The molecule has 140 valence electrons. The minimum absolute atomic E-state index is 0.0786. The summed E-state index contributed by atoms with van der Waals surface area (Å²) >= 11 is 2.99. The highest BCUT2D eigenvalue weighted by Crippen LogP contribution is 2.32. The highest BCUT2D eigenvalue weighted by Gasteiger charge is 2.22. The van der Waals surface area contributed by atoms with Crippen LogP contribution in [0.15, 0.2) is 22.5 Å². The number of methoxy groups -OCH3 is 2. The van der Waals surface area contributed by atoms with Crippen LogP contribution in [0.4, 0.5) is 5.13 Å². The molecule has 6 nitrogen and oxygen atoms in total. The SMILES string of the molecule is COc1cc(CSc2nnc(NC(=O)C3CCCCC3)s2)cc(OC)c1. The maximum absolute atomic E-state index is 12.3. The second-order valence-electron chi connectivity index (χ2n) is 6.21. The van der Waals surface area contributed by atoms with Gasteiger partial charge in [0.15, 0.2) is 4.34 Å². The molecule has 1 aliphatic rings. The number of rotatable bonds is 7.